The maximum Gasteiger partial charge on any atom is -0.0229 e. The van der Waals surface area contributed by atoms with Crippen LogP contribution in [0.15, 0.2) is 24.3 Å². The monoisotopic (exact) mass is 194 g/mol. The van der Waals surface area contributed by atoms with Crippen molar-refractivity contribution in [2.75, 3.05) is 0 Å². The molecule has 0 aromatic heterocycles. The van der Waals surface area contributed by atoms with Crippen molar-refractivity contribution in [1.29, 1.82) is 0 Å². The molecule has 0 aromatic carbocycles. The van der Waals surface area contributed by atoms with Gasteiger partial charge in [0, 0.05) is 0 Å². The molecule has 0 heterocycles. The molecule has 1 fully saturated rings. The molecule has 0 amide bonds. The van der Waals surface area contributed by atoms with Gasteiger partial charge in [-0.1, -0.05) is 45.4 Å². The molecule has 1 saturated carbocycles. The third kappa shape index (κ3) is 5.26. The molecule has 0 heteroatoms. The normalized spacial score (nSPS) is 28.4. The van der Waals surface area contributed by atoms with E-state index in [1.54, 1.807) is 5.57 Å². The van der Waals surface area contributed by atoms with Gasteiger partial charge in [-0.25, -0.2) is 0 Å². The van der Waals surface area contributed by atoms with Gasteiger partial charge in [0.05, 0.1) is 0 Å². The minimum atomic E-state index is 0.870. The van der Waals surface area contributed by atoms with E-state index < -0.39 is 0 Å². The summed E-state index contributed by atoms with van der Waals surface area (Å²) in [6.45, 7) is 12.5. The van der Waals surface area contributed by atoms with Crippen molar-refractivity contribution in [2.24, 2.45) is 11.8 Å². The maximum absolute atomic E-state index is 3.48. The lowest BCUT2D eigenvalue weighted by Gasteiger charge is -2.01. The van der Waals surface area contributed by atoms with E-state index in [0.717, 1.165) is 18.3 Å². The minimum Gasteiger partial charge on any atom is -0.103 e. The van der Waals surface area contributed by atoms with Gasteiger partial charge in [0.2, 0.25) is 0 Å². The summed E-state index contributed by atoms with van der Waals surface area (Å²) in [5.74, 6) is 1.81. The summed E-state index contributed by atoms with van der Waals surface area (Å²) >= 11 is 0. The first-order chi connectivity index (χ1) is 6.65. The topological polar surface area (TPSA) is 0 Å². The standard InChI is InChI=1S/C10H18.C4H8/c1-4-5-10-7-8(2)6-9(10)3;1-3-4-2/h5,8-9H,4,6-7H2,1-3H3;3H,1,4H2,2H3. The third-order valence-electron chi connectivity index (χ3n) is 2.73. The average molecular weight is 194 g/mol. The lowest BCUT2D eigenvalue weighted by atomic mass is 10.0. The Hall–Kier alpha value is -0.520. The van der Waals surface area contributed by atoms with E-state index in [1.165, 1.54) is 19.3 Å². The number of hydrogen-bond donors (Lipinski definition) is 0. The van der Waals surface area contributed by atoms with Gasteiger partial charge in [-0.15, -0.1) is 6.58 Å². The van der Waals surface area contributed by atoms with Crippen LogP contribution in [-0.4, -0.2) is 0 Å². The summed E-state index contributed by atoms with van der Waals surface area (Å²) in [5.41, 5.74) is 1.70. The fraction of sp³-hybridized carbons (Fsp3) is 0.714. The number of hydrogen-bond acceptors (Lipinski definition) is 0. The van der Waals surface area contributed by atoms with Crippen LogP contribution in [-0.2, 0) is 0 Å². The summed E-state index contributed by atoms with van der Waals surface area (Å²) in [5, 5.41) is 0. The molecule has 0 aromatic rings. The van der Waals surface area contributed by atoms with Crippen LogP contribution in [0.1, 0.15) is 53.4 Å². The smallest absolute Gasteiger partial charge is 0.0229 e. The lowest BCUT2D eigenvalue weighted by molar-refractivity contribution is 0.563. The van der Waals surface area contributed by atoms with Crippen LogP contribution in [0.4, 0.5) is 0 Å². The van der Waals surface area contributed by atoms with Crippen LogP contribution in [0.2, 0.25) is 0 Å². The van der Waals surface area contributed by atoms with Gasteiger partial charge >= 0.3 is 0 Å². The molecule has 14 heavy (non-hydrogen) atoms. The fourth-order valence-electron chi connectivity index (χ4n) is 1.99. The maximum atomic E-state index is 3.48. The largest absolute Gasteiger partial charge is 0.103 e. The Bertz CT molecular complexity index is 176. The van der Waals surface area contributed by atoms with Crippen molar-refractivity contribution in [1.82, 2.24) is 0 Å². The Kier molecular flexibility index (Phi) is 7.55. The first kappa shape index (κ1) is 13.5. The second-order valence-corrected chi connectivity index (χ2v) is 4.33. The van der Waals surface area contributed by atoms with Gasteiger partial charge in [0.25, 0.3) is 0 Å². The van der Waals surface area contributed by atoms with Gasteiger partial charge in [-0.2, -0.15) is 0 Å². The molecule has 2 unspecified atom stereocenters. The Balaban J connectivity index is 0.000000364. The molecule has 1 aliphatic rings. The quantitative estimate of drug-likeness (QED) is 0.544. The first-order valence-corrected chi connectivity index (χ1v) is 5.95. The Labute approximate surface area is 90.1 Å². The van der Waals surface area contributed by atoms with Gasteiger partial charge in [-0.05, 0) is 37.5 Å². The number of allylic oxidation sites excluding steroid dienone is 3. The molecule has 0 saturated heterocycles. The van der Waals surface area contributed by atoms with E-state index >= 15 is 0 Å². The molecule has 1 aliphatic carbocycles. The van der Waals surface area contributed by atoms with Gasteiger partial charge < -0.3 is 0 Å². The van der Waals surface area contributed by atoms with E-state index in [0.29, 0.717) is 0 Å². The van der Waals surface area contributed by atoms with Crippen molar-refractivity contribution in [3.8, 4) is 0 Å². The number of rotatable bonds is 2. The highest BCUT2D eigenvalue weighted by Gasteiger charge is 2.21. The van der Waals surface area contributed by atoms with Crippen LogP contribution >= 0.6 is 0 Å². The third-order valence-corrected chi connectivity index (χ3v) is 2.73. The summed E-state index contributed by atoms with van der Waals surface area (Å²) < 4.78 is 0. The van der Waals surface area contributed by atoms with Crippen LogP contribution in [0.25, 0.3) is 0 Å². The highest BCUT2D eigenvalue weighted by molar-refractivity contribution is 5.11. The van der Waals surface area contributed by atoms with E-state index in [9.17, 15) is 0 Å². The molecule has 82 valence electrons. The van der Waals surface area contributed by atoms with Crippen molar-refractivity contribution in [2.45, 2.75) is 53.4 Å². The predicted molar refractivity (Wildman–Crippen MR) is 66.4 cm³/mol. The summed E-state index contributed by atoms with van der Waals surface area (Å²) in [6, 6.07) is 0. The zero-order valence-electron chi connectivity index (χ0n) is 10.3. The molecular formula is C14H26. The highest BCUT2D eigenvalue weighted by atomic mass is 14.3. The molecule has 1 rings (SSSR count). The van der Waals surface area contributed by atoms with Crippen LogP contribution in [0.3, 0.4) is 0 Å². The van der Waals surface area contributed by atoms with Crippen molar-refractivity contribution in [3.63, 3.8) is 0 Å². The zero-order valence-corrected chi connectivity index (χ0v) is 10.3. The average Bonchev–Trinajstić information content (AvgIpc) is 2.47. The molecule has 0 nitrogen and oxygen atoms in total. The van der Waals surface area contributed by atoms with E-state index in [4.69, 9.17) is 0 Å². The summed E-state index contributed by atoms with van der Waals surface area (Å²) in [6.07, 6.45) is 9.35. The molecule has 0 bridgehead atoms. The zero-order chi connectivity index (χ0) is 11.0. The molecular weight excluding hydrogens is 168 g/mol. The SMILES string of the molecule is C=CCC.CCC=C1CC(C)CC1C. The van der Waals surface area contributed by atoms with Crippen molar-refractivity contribution in [3.05, 3.63) is 24.3 Å². The Morgan fingerprint density at radius 1 is 1.29 bits per heavy atom. The van der Waals surface area contributed by atoms with E-state index in [1.807, 2.05) is 6.08 Å². The Morgan fingerprint density at radius 2 is 1.86 bits per heavy atom. The molecule has 0 N–H and O–H groups in total. The van der Waals surface area contributed by atoms with Crippen LogP contribution in [0.5, 0.6) is 0 Å². The van der Waals surface area contributed by atoms with Crippen LogP contribution in [0, 0.1) is 11.8 Å². The molecule has 0 radical (unpaired) electrons. The first-order valence-electron chi connectivity index (χ1n) is 5.95. The van der Waals surface area contributed by atoms with Gasteiger partial charge in [0.15, 0.2) is 0 Å². The summed E-state index contributed by atoms with van der Waals surface area (Å²) in [4.78, 5) is 0. The fourth-order valence-corrected chi connectivity index (χ4v) is 1.99. The van der Waals surface area contributed by atoms with Crippen LogP contribution < -0.4 is 0 Å². The molecule has 0 aliphatic heterocycles. The summed E-state index contributed by atoms with van der Waals surface area (Å²) in [7, 11) is 0. The molecule has 0 spiro atoms. The second kappa shape index (κ2) is 7.84. The predicted octanol–water partition coefficient (Wildman–Crippen LogP) is 4.97. The van der Waals surface area contributed by atoms with E-state index in [-0.39, 0.29) is 0 Å². The minimum absolute atomic E-state index is 0.870. The Morgan fingerprint density at radius 3 is 2.14 bits per heavy atom. The van der Waals surface area contributed by atoms with Crippen molar-refractivity contribution < 1.29 is 0 Å². The van der Waals surface area contributed by atoms with Gasteiger partial charge in [-0.3, -0.25) is 0 Å². The van der Waals surface area contributed by atoms with E-state index in [2.05, 4.69) is 40.3 Å². The van der Waals surface area contributed by atoms with Crippen molar-refractivity contribution >= 4 is 0 Å². The van der Waals surface area contributed by atoms with Gasteiger partial charge in [0.1, 0.15) is 0 Å². The molecule has 2 atom stereocenters. The lowest BCUT2D eigenvalue weighted by Crippen LogP contribution is -1.87. The highest BCUT2D eigenvalue weighted by Crippen LogP contribution is 2.35. The second-order valence-electron chi connectivity index (χ2n) is 4.33.